The third-order valence-corrected chi connectivity index (χ3v) is 4.00. The summed E-state index contributed by atoms with van der Waals surface area (Å²) >= 11 is 1.77. The molecule has 0 heterocycles. The van der Waals surface area contributed by atoms with Crippen molar-refractivity contribution in [3.05, 3.63) is 59.7 Å². The number of rotatable bonds is 5. The van der Waals surface area contributed by atoms with E-state index >= 15 is 0 Å². The van der Waals surface area contributed by atoms with Crippen LogP contribution >= 0.6 is 11.8 Å². The minimum atomic E-state index is 0.139. The molecule has 1 N–H and O–H groups in total. The lowest BCUT2D eigenvalue weighted by Gasteiger charge is -2.21. The van der Waals surface area contributed by atoms with Gasteiger partial charge in [-0.25, -0.2) is 0 Å². The minimum Gasteiger partial charge on any atom is -0.496 e. The molecule has 2 rings (SSSR count). The van der Waals surface area contributed by atoms with Crippen LogP contribution in [-0.4, -0.2) is 20.4 Å². The van der Waals surface area contributed by atoms with Crippen molar-refractivity contribution in [3.63, 3.8) is 0 Å². The summed E-state index contributed by atoms with van der Waals surface area (Å²) < 4.78 is 5.48. The molecule has 2 aromatic carbocycles. The van der Waals surface area contributed by atoms with Crippen molar-refractivity contribution < 1.29 is 4.74 Å². The van der Waals surface area contributed by atoms with Crippen molar-refractivity contribution in [2.45, 2.75) is 10.9 Å². The third kappa shape index (κ3) is 2.94. The van der Waals surface area contributed by atoms with Gasteiger partial charge in [0.25, 0.3) is 0 Å². The topological polar surface area (TPSA) is 21.3 Å². The molecule has 0 aromatic heterocycles. The lowest BCUT2D eigenvalue weighted by atomic mass is 9.98. The molecule has 19 heavy (non-hydrogen) atoms. The van der Waals surface area contributed by atoms with E-state index in [4.69, 9.17) is 4.74 Å². The molecule has 0 spiro atoms. The van der Waals surface area contributed by atoms with E-state index in [1.807, 2.05) is 25.2 Å². The van der Waals surface area contributed by atoms with Crippen molar-refractivity contribution in [2.24, 2.45) is 0 Å². The second-order valence-corrected chi connectivity index (χ2v) is 5.05. The quantitative estimate of drug-likeness (QED) is 0.839. The van der Waals surface area contributed by atoms with Gasteiger partial charge in [-0.15, -0.1) is 11.8 Å². The molecule has 0 saturated heterocycles. The molecular formula is C16H19NOS. The Balaban J connectivity index is 2.50. The Labute approximate surface area is 119 Å². The molecule has 0 aliphatic heterocycles. The first-order valence-electron chi connectivity index (χ1n) is 6.25. The summed E-state index contributed by atoms with van der Waals surface area (Å²) in [5.41, 5.74) is 2.44. The van der Waals surface area contributed by atoms with Gasteiger partial charge in [-0.1, -0.05) is 36.4 Å². The van der Waals surface area contributed by atoms with Crippen molar-refractivity contribution in [2.75, 3.05) is 20.4 Å². The fourth-order valence-electron chi connectivity index (χ4n) is 2.29. The van der Waals surface area contributed by atoms with Crippen LogP contribution in [0.1, 0.15) is 17.2 Å². The summed E-state index contributed by atoms with van der Waals surface area (Å²) in [7, 11) is 3.69. The van der Waals surface area contributed by atoms with E-state index in [-0.39, 0.29) is 6.04 Å². The van der Waals surface area contributed by atoms with E-state index < -0.39 is 0 Å². The molecule has 0 saturated carbocycles. The zero-order valence-corrected chi connectivity index (χ0v) is 12.3. The Morgan fingerprint density at radius 1 is 1.00 bits per heavy atom. The molecule has 100 valence electrons. The molecule has 3 heteroatoms. The largest absolute Gasteiger partial charge is 0.496 e. The maximum absolute atomic E-state index is 5.48. The monoisotopic (exact) mass is 273 g/mol. The van der Waals surface area contributed by atoms with Crippen LogP contribution in [0.2, 0.25) is 0 Å². The summed E-state index contributed by atoms with van der Waals surface area (Å²) in [4.78, 5) is 1.28. The van der Waals surface area contributed by atoms with Crippen molar-refractivity contribution in [1.82, 2.24) is 5.32 Å². The number of nitrogens with one attached hydrogen (secondary N) is 1. The van der Waals surface area contributed by atoms with Gasteiger partial charge in [-0.3, -0.25) is 0 Å². The van der Waals surface area contributed by atoms with Crippen LogP contribution in [0.15, 0.2) is 53.4 Å². The van der Waals surface area contributed by atoms with Gasteiger partial charge in [-0.2, -0.15) is 0 Å². The molecule has 1 atom stereocenters. The summed E-state index contributed by atoms with van der Waals surface area (Å²) in [6.07, 6.45) is 2.10. The van der Waals surface area contributed by atoms with E-state index in [2.05, 4.69) is 41.9 Å². The highest BCUT2D eigenvalue weighted by molar-refractivity contribution is 7.98. The molecule has 0 amide bonds. The Kier molecular flexibility index (Phi) is 4.88. The van der Waals surface area contributed by atoms with Crippen LogP contribution in [0.25, 0.3) is 0 Å². The Morgan fingerprint density at radius 2 is 1.63 bits per heavy atom. The van der Waals surface area contributed by atoms with Crippen LogP contribution in [0.5, 0.6) is 5.75 Å². The first-order valence-corrected chi connectivity index (χ1v) is 7.47. The average Bonchev–Trinajstić information content (AvgIpc) is 2.49. The van der Waals surface area contributed by atoms with Gasteiger partial charge in [0, 0.05) is 10.5 Å². The van der Waals surface area contributed by atoms with E-state index in [9.17, 15) is 0 Å². The van der Waals surface area contributed by atoms with Crippen molar-refractivity contribution >= 4 is 11.8 Å². The molecule has 0 aliphatic rings. The van der Waals surface area contributed by atoms with Crippen LogP contribution in [0.4, 0.5) is 0 Å². The van der Waals surface area contributed by atoms with Crippen LogP contribution in [-0.2, 0) is 0 Å². The number of thioether (sulfide) groups is 1. The molecule has 2 aromatic rings. The van der Waals surface area contributed by atoms with Gasteiger partial charge in [-0.05, 0) is 31.0 Å². The molecule has 1 unspecified atom stereocenters. The fourth-order valence-corrected chi connectivity index (χ4v) is 2.92. The van der Waals surface area contributed by atoms with Gasteiger partial charge in [0.1, 0.15) is 5.75 Å². The summed E-state index contributed by atoms with van der Waals surface area (Å²) in [5, 5.41) is 3.39. The summed E-state index contributed by atoms with van der Waals surface area (Å²) in [6.45, 7) is 0. The van der Waals surface area contributed by atoms with Crippen LogP contribution < -0.4 is 10.1 Å². The van der Waals surface area contributed by atoms with Gasteiger partial charge < -0.3 is 10.1 Å². The maximum Gasteiger partial charge on any atom is 0.123 e. The van der Waals surface area contributed by atoms with Crippen molar-refractivity contribution in [3.8, 4) is 5.75 Å². The number of methoxy groups -OCH3 is 1. The number of benzene rings is 2. The lowest BCUT2D eigenvalue weighted by Crippen LogP contribution is -2.19. The zero-order valence-electron chi connectivity index (χ0n) is 11.5. The summed E-state index contributed by atoms with van der Waals surface area (Å²) in [6, 6.07) is 16.8. The second-order valence-electron chi connectivity index (χ2n) is 4.21. The highest BCUT2D eigenvalue weighted by Crippen LogP contribution is 2.34. The number of hydrogen-bond donors (Lipinski definition) is 1. The molecular weight excluding hydrogens is 254 g/mol. The Hall–Kier alpha value is -1.45. The number of ether oxygens (including phenoxy) is 1. The minimum absolute atomic E-state index is 0.139. The lowest BCUT2D eigenvalue weighted by molar-refractivity contribution is 0.405. The van der Waals surface area contributed by atoms with Gasteiger partial charge >= 0.3 is 0 Å². The standard InChI is InChI=1S/C16H19NOS/c1-17-16(12-8-4-6-10-14(12)18-2)13-9-5-7-11-15(13)19-3/h4-11,16-17H,1-3H3. The maximum atomic E-state index is 5.48. The smallest absolute Gasteiger partial charge is 0.123 e. The molecule has 2 nitrogen and oxygen atoms in total. The van der Waals surface area contributed by atoms with Crippen molar-refractivity contribution in [1.29, 1.82) is 0 Å². The fraction of sp³-hybridized carbons (Fsp3) is 0.250. The van der Waals surface area contributed by atoms with Crippen LogP contribution in [0.3, 0.4) is 0 Å². The first-order chi connectivity index (χ1) is 9.31. The number of hydrogen-bond acceptors (Lipinski definition) is 3. The molecule has 0 fully saturated rings. The molecule has 0 bridgehead atoms. The zero-order chi connectivity index (χ0) is 13.7. The van der Waals surface area contributed by atoms with E-state index in [0.717, 1.165) is 11.3 Å². The van der Waals surface area contributed by atoms with Gasteiger partial charge in [0.15, 0.2) is 0 Å². The van der Waals surface area contributed by atoms with E-state index in [0.29, 0.717) is 0 Å². The van der Waals surface area contributed by atoms with Gasteiger partial charge in [0.05, 0.1) is 13.2 Å². The highest BCUT2D eigenvalue weighted by atomic mass is 32.2. The Bertz CT molecular complexity index is 494. The van der Waals surface area contributed by atoms with Crippen LogP contribution in [0, 0.1) is 0 Å². The molecule has 0 radical (unpaired) electrons. The average molecular weight is 273 g/mol. The highest BCUT2D eigenvalue weighted by Gasteiger charge is 2.18. The molecule has 0 aliphatic carbocycles. The first kappa shape index (κ1) is 14.0. The predicted molar refractivity (Wildman–Crippen MR) is 82.1 cm³/mol. The predicted octanol–water partition coefficient (Wildman–Crippen LogP) is 3.73. The second kappa shape index (κ2) is 6.64. The normalized spacial score (nSPS) is 12.2. The SMILES string of the molecule is CNC(c1ccccc1OC)c1ccccc1SC. The van der Waals surface area contributed by atoms with E-state index in [1.54, 1.807) is 18.9 Å². The Morgan fingerprint density at radius 3 is 2.26 bits per heavy atom. The van der Waals surface area contributed by atoms with E-state index in [1.165, 1.54) is 10.5 Å². The summed E-state index contributed by atoms with van der Waals surface area (Å²) in [5.74, 6) is 0.915. The van der Waals surface area contributed by atoms with Gasteiger partial charge in [0.2, 0.25) is 0 Å². The number of para-hydroxylation sites is 1. The third-order valence-electron chi connectivity index (χ3n) is 3.19.